The smallest absolute Gasteiger partial charge is 0.254 e. The highest BCUT2D eigenvalue weighted by atomic mass is 19.1. The minimum Gasteiger partial charge on any atom is -0.379 e. The average Bonchev–Trinajstić information content (AvgIpc) is 2.64. The van der Waals surface area contributed by atoms with Crippen LogP contribution in [0, 0.1) is 11.6 Å². The number of carbonyl (C=O) groups excluding carboxylic acids is 1. The van der Waals surface area contributed by atoms with Gasteiger partial charge >= 0.3 is 0 Å². The Morgan fingerprint density at radius 2 is 1.72 bits per heavy atom. The lowest BCUT2D eigenvalue weighted by atomic mass is 10.1. The second-order valence-electron chi connectivity index (χ2n) is 6.01. The first-order valence-electron chi connectivity index (χ1n) is 8.23. The lowest BCUT2D eigenvalue weighted by molar-refractivity contribution is 0.0342. The van der Waals surface area contributed by atoms with Crippen molar-refractivity contribution >= 4 is 5.91 Å². The van der Waals surface area contributed by atoms with Gasteiger partial charge in [-0.25, -0.2) is 8.78 Å². The third-order valence-corrected chi connectivity index (χ3v) is 4.16. The van der Waals surface area contributed by atoms with Gasteiger partial charge in [0.2, 0.25) is 0 Å². The summed E-state index contributed by atoms with van der Waals surface area (Å²) in [6.45, 7) is 4.51. The Balaban J connectivity index is 1.54. The molecule has 0 saturated carbocycles. The van der Waals surface area contributed by atoms with E-state index in [0.717, 1.165) is 56.6 Å². The highest BCUT2D eigenvalue weighted by Crippen LogP contribution is 2.11. The van der Waals surface area contributed by atoms with Crippen molar-refractivity contribution in [2.45, 2.75) is 13.1 Å². The van der Waals surface area contributed by atoms with E-state index in [2.05, 4.69) is 10.2 Å². The molecule has 0 spiro atoms. The van der Waals surface area contributed by atoms with E-state index in [1.165, 1.54) is 5.56 Å². The molecule has 132 valence electrons. The maximum atomic E-state index is 13.6. The average molecular weight is 346 g/mol. The van der Waals surface area contributed by atoms with Gasteiger partial charge in [-0.1, -0.05) is 24.3 Å². The van der Waals surface area contributed by atoms with Crippen molar-refractivity contribution in [1.29, 1.82) is 0 Å². The number of nitrogens with zero attached hydrogens (tertiary/aromatic N) is 1. The van der Waals surface area contributed by atoms with E-state index in [0.29, 0.717) is 0 Å². The fourth-order valence-electron chi connectivity index (χ4n) is 2.73. The molecule has 3 rings (SSSR count). The Hall–Kier alpha value is -2.31. The van der Waals surface area contributed by atoms with Gasteiger partial charge in [-0.15, -0.1) is 0 Å². The van der Waals surface area contributed by atoms with Crippen LogP contribution in [-0.2, 0) is 17.8 Å². The van der Waals surface area contributed by atoms with E-state index >= 15 is 0 Å². The lowest BCUT2D eigenvalue weighted by Gasteiger charge is -2.26. The molecule has 1 aliphatic heterocycles. The molecule has 1 saturated heterocycles. The molecule has 6 heteroatoms. The van der Waals surface area contributed by atoms with E-state index in [1.54, 1.807) is 0 Å². The number of hydrogen-bond acceptors (Lipinski definition) is 3. The van der Waals surface area contributed by atoms with Crippen LogP contribution in [0.5, 0.6) is 0 Å². The van der Waals surface area contributed by atoms with Crippen LogP contribution in [0.2, 0.25) is 0 Å². The number of benzene rings is 2. The van der Waals surface area contributed by atoms with Crippen LogP contribution in [0.3, 0.4) is 0 Å². The van der Waals surface area contributed by atoms with Crippen LogP contribution in [0.4, 0.5) is 8.78 Å². The Labute approximate surface area is 145 Å². The van der Waals surface area contributed by atoms with Crippen molar-refractivity contribution in [3.8, 4) is 0 Å². The standard InChI is InChI=1S/C19H20F2N2O2/c20-16-5-6-18(21)17(11-16)19(24)22-12-14-1-3-15(4-2-14)13-23-7-9-25-10-8-23/h1-6,11H,7-10,12-13H2,(H,22,24). The van der Waals surface area contributed by atoms with Crippen LogP contribution >= 0.6 is 0 Å². The zero-order valence-corrected chi connectivity index (χ0v) is 13.8. The minimum absolute atomic E-state index is 0.257. The molecule has 1 fully saturated rings. The molecule has 0 unspecified atom stereocenters. The number of amides is 1. The van der Waals surface area contributed by atoms with Gasteiger partial charge in [-0.3, -0.25) is 9.69 Å². The summed E-state index contributed by atoms with van der Waals surface area (Å²) in [5.41, 5.74) is 1.80. The van der Waals surface area contributed by atoms with Crippen molar-refractivity contribution < 1.29 is 18.3 Å². The Kier molecular flexibility index (Phi) is 5.73. The van der Waals surface area contributed by atoms with E-state index in [-0.39, 0.29) is 12.1 Å². The van der Waals surface area contributed by atoms with Gasteiger partial charge in [0.15, 0.2) is 0 Å². The predicted molar refractivity (Wildman–Crippen MR) is 90.1 cm³/mol. The molecule has 0 radical (unpaired) electrons. The molecule has 1 N–H and O–H groups in total. The molecule has 1 amide bonds. The second kappa shape index (κ2) is 8.18. The molecule has 2 aromatic carbocycles. The van der Waals surface area contributed by atoms with Crippen molar-refractivity contribution in [1.82, 2.24) is 10.2 Å². The molecule has 4 nitrogen and oxygen atoms in total. The van der Waals surface area contributed by atoms with Crippen LogP contribution in [0.15, 0.2) is 42.5 Å². The summed E-state index contributed by atoms with van der Waals surface area (Å²) >= 11 is 0. The van der Waals surface area contributed by atoms with Gasteiger partial charge in [0, 0.05) is 26.2 Å². The Morgan fingerprint density at radius 1 is 1.04 bits per heavy atom. The first-order chi connectivity index (χ1) is 12.1. The first-order valence-corrected chi connectivity index (χ1v) is 8.23. The topological polar surface area (TPSA) is 41.6 Å². The van der Waals surface area contributed by atoms with Crippen LogP contribution in [-0.4, -0.2) is 37.1 Å². The van der Waals surface area contributed by atoms with Gasteiger partial charge in [-0.2, -0.15) is 0 Å². The third-order valence-electron chi connectivity index (χ3n) is 4.16. The summed E-state index contributed by atoms with van der Waals surface area (Å²) in [7, 11) is 0. The van der Waals surface area contributed by atoms with Gasteiger partial charge in [-0.05, 0) is 29.3 Å². The Morgan fingerprint density at radius 3 is 2.44 bits per heavy atom. The number of hydrogen-bond donors (Lipinski definition) is 1. The summed E-state index contributed by atoms with van der Waals surface area (Å²) in [6.07, 6.45) is 0. The Bertz CT molecular complexity index is 729. The number of morpholine rings is 1. The lowest BCUT2D eigenvalue weighted by Crippen LogP contribution is -2.35. The summed E-state index contributed by atoms with van der Waals surface area (Å²) in [5, 5.41) is 2.61. The molecule has 1 aliphatic rings. The SMILES string of the molecule is O=C(NCc1ccc(CN2CCOCC2)cc1)c1cc(F)ccc1F. The number of halogens is 2. The fourth-order valence-corrected chi connectivity index (χ4v) is 2.73. The highest BCUT2D eigenvalue weighted by Gasteiger charge is 2.13. The molecular formula is C19H20F2N2O2. The molecule has 0 atom stereocenters. The summed E-state index contributed by atoms with van der Waals surface area (Å²) in [4.78, 5) is 14.3. The van der Waals surface area contributed by atoms with Crippen molar-refractivity contribution in [3.63, 3.8) is 0 Å². The normalized spacial score (nSPS) is 15.1. The second-order valence-corrected chi connectivity index (χ2v) is 6.01. The van der Waals surface area contributed by atoms with Crippen LogP contribution in [0.25, 0.3) is 0 Å². The minimum atomic E-state index is -0.736. The molecule has 0 bridgehead atoms. The zero-order valence-electron chi connectivity index (χ0n) is 13.8. The highest BCUT2D eigenvalue weighted by molar-refractivity contribution is 5.94. The van der Waals surface area contributed by atoms with Crippen molar-refractivity contribution in [2.24, 2.45) is 0 Å². The van der Waals surface area contributed by atoms with Crippen molar-refractivity contribution in [3.05, 3.63) is 70.8 Å². The predicted octanol–water partition coefficient (Wildman–Crippen LogP) is 2.73. The molecule has 25 heavy (non-hydrogen) atoms. The summed E-state index contributed by atoms with van der Waals surface area (Å²) < 4.78 is 32.1. The summed E-state index contributed by atoms with van der Waals surface area (Å²) in [5.74, 6) is -2.01. The van der Waals surface area contributed by atoms with Gasteiger partial charge in [0.05, 0.1) is 18.8 Å². The largest absolute Gasteiger partial charge is 0.379 e. The van der Waals surface area contributed by atoms with E-state index in [9.17, 15) is 13.6 Å². The van der Waals surface area contributed by atoms with Crippen LogP contribution < -0.4 is 5.32 Å². The number of ether oxygens (including phenoxy) is 1. The maximum Gasteiger partial charge on any atom is 0.254 e. The van der Waals surface area contributed by atoms with Crippen molar-refractivity contribution in [2.75, 3.05) is 26.3 Å². The number of nitrogens with one attached hydrogen (secondary N) is 1. The third kappa shape index (κ3) is 4.84. The quantitative estimate of drug-likeness (QED) is 0.905. The monoisotopic (exact) mass is 346 g/mol. The fraction of sp³-hybridized carbons (Fsp3) is 0.316. The van der Waals surface area contributed by atoms with E-state index < -0.39 is 17.5 Å². The van der Waals surface area contributed by atoms with Gasteiger partial charge in [0.25, 0.3) is 5.91 Å². The number of rotatable bonds is 5. The van der Waals surface area contributed by atoms with Gasteiger partial charge < -0.3 is 10.1 Å². The number of carbonyl (C=O) groups is 1. The molecule has 0 aromatic heterocycles. The molecule has 0 aliphatic carbocycles. The molecular weight excluding hydrogens is 326 g/mol. The van der Waals surface area contributed by atoms with Crippen LogP contribution in [0.1, 0.15) is 21.5 Å². The molecule has 2 aromatic rings. The van der Waals surface area contributed by atoms with E-state index in [1.807, 2.05) is 24.3 Å². The molecule has 1 heterocycles. The van der Waals surface area contributed by atoms with E-state index in [4.69, 9.17) is 4.74 Å². The zero-order chi connectivity index (χ0) is 17.6. The first kappa shape index (κ1) is 17.5. The van der Waals surface area contributed by atoms with Gasteiger partial charge in [0.1, 0.15) is 11.6 Å². The maximum absolute atomic E-state index is 13.6. The summed E-state index contributed by atoms with van der Waals surface area (Å²) in [6, 6.07) is 10.7.